The molecule has 1 aromatic heterocycles. The highest BCUT2D eigenvalue weighted by molar-refractivity contribution is 5.85. The van der Waals surface area contributed by atoms with E-state index < -0.39 is 17.3 Å². The normalized spacial score (nSPS) is 13.2. The summed E-state index contributed by atoms with van der Waals surface area (Å²) in [5.41, 5.74) is 4.27. The third-order valence-corrected chi connectivity index (χ3v) is 2.85. The number of halogens is 3. The molecule has 4 nitrogen and oxygen atoms in total. The lowest BCUT2D eigenvalue weighted by Crippen LogP contribution is -2.10. The topological polar surface area (TPSA) is 52.2 Å². The molecule has 1 aromatic carbocycles. The summed E-state index contributed by atoms with van der Waals surface area (Å²) < 4.78 is 40.1. The Kier molecular flexibility index (Phi) is 2.70. The predicted octanol–water partition coefficient (Wildman–Crippen LogP) is 2.98. The van der Waals surface area contributed by atoms with Crippen LogP contribution in [0.25, 0.3) is 11.3 Å². The van der Waals surface area contributed by atoms with E-state index in [0.717, 1.165) is 12.1 Å². The number of rotatable bonds is 2. The molecule has 0 aliphatic carbocycles. The van der Waals surface area contributed by atoms with Gasteiger partial charge in [0.25, 0.3) is 5.92 Å². The fourth-order valence-electron chi connectivity index (χ4n) is 1.85. The largest absolute Gasteiger partial charge is 0.273 e. The summed E-state index contributed by atoms with van der Waals surface area (Å²) in [4.78, 5) is 8.22. The molecule has 1 radical (unpaired) electrons. The van der Waals surface area contributed by atoms with Gasteiger partial charge in [-0.15, -0.1) is 5.43 Å². The van der Waals surface area contributed by atoms with Crippen molar-refractivity contribution in [3.05, 3.63) is 41.5 Å². The Bertz CT molecular complexity index is 707. The van der Waals surface area contributed by atoms with Gasteiger partial charge < -0.3 is 0 Å². The van der Waals surface area contributed by atoms with E-state index in [9.17, 15) is 13.2 Å². The average Bonchev–Trinajstić information content (AvgIpc) is 2.85. The van der Waals surface area contributed by atoms with E-state index in [1.54, 1.807) is 0 Å². The number of nitrogens with zero attached hydrogens (tertiary/aromatic N) is 4. The minimum absolute atomic E-state index is 0.316. The maximum atomic E-state index is 13.4. The van der Waals surface area contributed by atoms with Crippen molar-refractivity contribution in [1.82, 2.24) is 15.4 Å². The Balaban J connectivity index is 2.07. The van der Waals surface area contributed by atoms with Gasteiger partial charge in [-0.1, -0.05) is 0 Å². The van der Waals surface area contributed by atoms with Gasteiger partial charge in [0.2, 0.25) is 5.82 Å². The highest BCUT2D eigenvalue weighted by Gasteiger charge is 2.28. The molecular weight excluding hydrogens is 269 g/mol. The van der Waals surface area contributed by atoms with Crippen molar-refractivity contribution in [3.63, 3.8) is 0 Å². The van der Waals surface area contributed by atoms with Crippen molar-refractivity contribution in [3.8, 4) is 11.3 Å². The van der Waals surface area contributed by atoms with E-state index in [2.05, 4.69) is 20.5 Å². The summed E-state index contributed by atoms with van der Waals surface area (Å²) in [6.45, 7) is 0.646. The average molecular weight is 277 g/mol. The first-order valence-corrected chi connectivity index (χ1v) is 5.74. The Hall–Kier alpha value is -2.44. The highest BCUT2D eigenvalue weighted by atomic mass is 19.3. The molecule has 7 heteroatoms. The maximum absolute atomic E-state index is 13.4. The van der Waals surface area contributed by atoms with E-state index in [4.69, 9.17) is 0 Å². The van der Waals surface area contributed by atoms with Crippen molar-refractivity contribution in [1.29, 1.82) is 0 Å². The van der Waals surface area contributed by atoms with Gasteiger partial charge in [0, 0.05) is 12.5 Å². The first-order chi connectivity index (χ1) is 9.45. The molecule has 0 N–H and O–H groups in total. The van der Waals surface area contributed by atoms with Crippen molar-refractivity contribution < 1.29 is 13.2 Å². The van der Waals surface area contributed by atoms with Crippen LogP contribution in [0.4, 0.5) is 19.0 Å². The van der Waals surface area contributed by atoms with Gasteiger partial charge >= 0.3 is 0 Å². The van der Waals surface area contributed by atoms with E-state index in [1.165, 1.54) is 18.5 Å². The summed E-state index contributed by atoms with van der Waals surface area (Å²) in [7, 11) is 0. The molecule has 2 aromatic rings. The van der Waals surface area contributed by atoms with Gasteiger partial charge in [-0.3, -0.25) is 0 Å². The van der Waals surface area contributed by atoms with Crippen molar-refractivity contribution >= 4 is 12.0 Å². The Morgan fingerprint density at radius 1 is 1.20 bits per heavy atom. The van der Waals surface area contributed by atoms with Gasteiger partial charge in [-0.25, -0.2) is 23.1 Å². The fourth-order valence-corrected chi connectivity index (χ4v) is 1.85. The minimum Gasteiger partial charge on any atom is -0.249 e. The van der Waals surface area contributed by atoms with E-state index in [-0.39, 0.29) is 0 Å². The standard InChI is InChI=1S/C13H8F3N4/c1-13(15,16)8-4-7(2-3-9(8)14)10-5-17-11-6-18-20-12(11)19-10/h2-6H,1H3. The van der Waals surface area contributed by atoms with Gasteiger partial charge in [0.15, 0.2) is 0 Å². The second-order valence-corrected chi connectivity index (χ2v) is 4.39. The zero-order valence-corrected chi connectivity index (χ0v) is 10.3. The van der Waals surface area contributed by atoms with Gasteiger partial charge in [0.1, 0.15) is 11.5 Å². The van der Waals surface area contributed by atoms with Gasteiger partial charge in [-0.05, 0) is 18.2 Å². The fraction of sp³-hybridized carbons (Fsp3) is 0.154. The molecule has 0 amide bonds. The van der Waals surface area contributed by atoms with E-state index in [1.807, 2.05) is 0 Å². The van der Waals surface area contributed by atoms with E-state index >= 15 is 0 Å². The molecule has 2 heterocycles. The molecule has 101 valence electrons. The zero-order chi connectivity index (χ0) is 14.3. The quantitative estimate of drug-likeness (QED) is 0.847. The molecule has 0 unspecified atom stereocenters. The molecule has 0 fully saturated rings. The Morgan fingerprint density at radius 3 is 2.75 bits per heavy atom. The molecule has 0 saturated heterocycles. The number of fused-ring (bicyclic) bond motifs is 1. The first-order valence-electron chi connectivity index (χ1n) is 5.74. The molecule has 3 rings (SSSR count). The van der Waals surface area contributed by atoms with Gasteiger partial charge in [-0.2, -0.15) is 5.10 Å². The third kappa shape index (κ3) is 2.11. The van der Waals surface area contributed by atoms with Crippen LogP contribution < -0.4 is 5.43 Å². The zero-order valence-electron chi connectivity index (χ0n) is 10.3. The smallest absolute Gasteiger partial charge is 0.249 e. The summed E-state index contributed by atoms with van der Waals surface area (Å²) in [6.07, 6.45) is 2.86. The molecule has 20 heavy (non-hydrogen) atoms. The second kappa shape index (κ2) is 4.29. The first kappa shape index (κ1) is 12.6. The van der Waals surface area contributed by atoms with Crippen LogP contribution in [-0.2, 0) is 5.92 Å². The minimum atomic E-state index is -3.27. The number of hydrogen-bond donors (Lipinski definition) is 0. The highest BCUT2D eigenvalue weighted by Crippen LogP contribution is 2.32. The molecule has 0 spiro atoms. The van der Waals surface area contributed by atoms with Crippen LogP contribution in [0, 0.1) is 5.82 Å². The van der Waals surface area contributed by atoms with Crippen LogP contribution in [0.1, 0.15) is 18.2 Å². The van der Waals surface area contributed by atoms with Crippen LogP contribution >= 0.6 is 0 Å². The van der Waals surface area contributed by atoms with Crippen LogP contribution in [-0.4, -0.2) is 16.2 Å². The number of aromatic nitrogens is 2. The van der Waals surface area contributed by atoms with E-state index in [0.29, 0.717) is 29.7 Å². The monoisotopic (exact) mass is 277 g/mol. The number of alkyl halides is 2. The van der Waals surface area contributed by atoms with Crippen molar-refractivity contribution in [2.75, 3.05) is 0 Å². The summed E-state index contributed by atoms with van der Waals surface area (Å²) in [5.74, 6) is -3.91. The lowest BCUT2D eigenvalue weighted by molar-refractivity contribution is 0.0138. The summed E-state index contributed by atoms with van der Waals surface area (Å²) in [6, 6.07) is 3.43. The van der Waals surface area contributed by atoms with Crippen molar-refractivity contribution in [2.45, 2.75) is 12.8 Å². The summed E-state index contributed by atoms with van der Waals surface area (Å²) in [5, 5.41) is 3.65. The maximum Gasteiger partial charge on any atom is 0.273 e. The number of benzene rings is 1. The van der Waals surface area contributed by atoms with Crippen LogP contribution in [0.5, 0.6) is 0 Å². The lowest BCUT2D eigenvalue weighted by Gasteiger charge is -2.13. The predicted molar refractivity (Wildman–Crippen MR) is 66.4 cm³/mol. The molecule has 1 aliphatic heterocycles. The van der Waals surface area contributed by atoms with Crippen LogP contribution in [0.15, 0.2) is 29.5 Å². The third-order valence-electron chi connectivity index (χ3n) is 2.85. The molecule has 0 bridgehead atoms. The molecule has 1 aliphatic rings. The van der Waals surface area contributed by atoms with Gasteiger partial charge in [0.05, 0.1) is 23.7 Å². The van der Waals surface area contributed by atoms with Crippen molar-refractivity contribution in [2.24, 2.45) is 5.10 Å². The Labute approximate surface area is 112 Å². The SMILES string of the molecule is CC(F)(F)c1cc(-c2cnc3c(n2)[N]N=C3)ccc1F. The number of hydrogen-bond acceptors (Lipinski definition) is 3. The molecule has 0 saturated carbocycles. The molecular formula is C13H8F3N4. The molecule has 0 atom stereocenters. The Morgan fingerprint density at radius 2 is 2.00 bits per heavy atom. The summed E-state index contributed by atoms with van der Waals surface area (Å²) >= 11 is 0. The van der Waals surface area contributed by atoms with Crippen LogP contribution in [0.3, 0.4) is 0 Å². The lowest BCUT2D eigenvalue weighted by atomic mass is 10.0. The second-order valence-electron chi connectivity index (χ2n) is 4.39. The van der Waals surface area contributed by atoms with Crippen LogP contribution in [0.2, 0.25) is 0 Å².